The normalized spacial score (nSPS) is 13.5. The molecule has 0 saturated heterocycles. The van der Waals surface area contributed by atoms with Gasteiger partial charge < -0.3 is 4.74 Å². The highest BCUT2D eigenvalue weighted by atomic mass is 16.6. The summed E-state index contributed by atoms with van der Waals surface area (Å²) in [5, 5.41) is 0. The Morgan fingerprint density at radius 3 is 2.03 bits per heavy atom. The van der Waals surface area contributed by atoms with E-state index >= 15 is 0 Å². The quantitative estimate of drug-likeness (QED) is 0.274. The van der Waals surface area contributed by atoms with Gasteiger partial charge in [-0.3, -0.25) is 9.69 Å². The number of hydrogen-bond acceptors (Lipinski definition) is 3. The van der Waals surface area contributed by atoms with Crippen LogP contribution in [0.15, 0.2) is 66.7 Å². The van der Waals surface area contributed by atoms with Crippen LogP contribution in [0.1, 0.15) is 79.0 Å². The molecule has 3 aromatic carbocycles. The Bertz CT molecular complexity index is 1140. The summed E-state index contributed by atoms with van der Waals surface area (Å²) in [4.78, 5) is 15.0. The number of carbonyl (C=O) groups is 1. The number of benzene rings is 3. The molecule has 2 atom stereocenters. The molecule has 0 bridgehead atoms. The van der Waals surface area contributed by atoms with E-state index in [4.69, 9.17) is 4.74 Å². The van der Waals surface area contributed by atoms with E-state index < -0.39 is 5.60 Å². The average Bonchev–Trinajstić information content (AvgIpc) is 2.81. The van der Waals surface area contributed by atoms with Gasteiger partial charge in [0, 0.05) is 31.5 Å². The molecule has 0 aliphatic rings. The van der Waals surface area contributed by atoms with Crippen molar-refractivity contribution in [1.82, 2.24) is 4.90 Å². The predicted molar refractivity (Wildman–Crippen MR) is 150 cm³/mol. The van der Waals surface area contributed by atoms with Gasteiger partial charge in [-0.05, 0) is 81.8 Å². The number of nitrogens with zero attached hydrogens (tertiary/aromatic N) is 1. The van der Waals surface area contributed by atoms with Gasteiger partial charge in [0.05, 0.1) is 0 Å². The topological polar surface area (TPSA) is 29.5 Å². The van der Waals surface area contributed by atoms with Crippen LogP contribution < -0.4 is 0 Å². The SMILES string of the molecule is CCC(=O)OC(C)(C)[C@@H](c1ccccc1)[C@@H](C)N(Cc1ccccc1C)Cc1c(C)cc(C)cc1C. The molecule has 0 unspecified atom stereocenters. The van der Waals surface area contributed by atoms with E-state index in [1.165, 1.54) is 38.9 Å². The molecule has 0 heterocycles. The van der Waals surface area contributed by atoms with Crippen LogP contribution in [0.5, 0.6) is 0 Å². The molecule has 3 aromatic rings. The summed E-state index contributed by atoms with van der Waals surface area (Å²) in [5.41, 5.74) is 8.44. The van der Waals surface area contributed by atoms with E-state index in [9.17, 15) is 4.79 Å². The van der Waals surface area contributed by atoms with Crippen LogP contribution in [0.3, 0.4) is 0 Å². The first-order valence-electron chi connectivity index (χ1n) is 13.2. The Morgan fingerprint density at radius 1 is 0.861 bits per heavy atom. The van der Waals surface area contributed by atoms with Crippen LogP contribution in [0.2, 0.25) is 0 Å². The number of esters is 1. The molecule has 0 fully saturated rings. The lowest BCUT2D eigenvalue weighted by molar-refractivity contribution is -0.160. The Hall–Kier alpha value is -2.91. The number of aryl methyl sites for hydroxylation is 4. The number of rotatable bonds is 10. The highest BCUT2D eigenvalue weighted by Gasteiger charge is 2.40. The lowest BCUT2D eigenvalue weighted by Crippen LogP contribution is -2.47. The first-order valence-corrected chi connectivity index (χ1v) is 13.2. The second kappa shape index (κ2) is 11.9. The average molecular weight is 486 g/mol. The second-order valence-corrected chi connectivity index (χ2v) is 10.8. The summed E-state index contributed by atoms with van der Waals surface area (Å²) in [6.07, 6.45) is 0.369. The first-order chi connectivity index (χ1) is 17.0. The van der Waals surface area contributed by atoms with Crippen molar-refractivity contribution in [2.75, 3.05) is 0 Å². The van der Waals surface area contributed by atoms with E-state index in [0.717, 1.165) is 13.1 Å². The highest BCUT2D eigenvalue weighted by Crippen LogP contribution is 2.38. The van der Waals surface area contributed by atoms with Crippen LogP contribution in [0.25, 0.3) is 0 Å². The smallest absolute Gasteiger partial charge is 0.306 e. The summed E-state index contributed by atoms with van der Waals surface area (Å²) in [6.45, 7) is 18.7. The van der Waals surface area contributed by atoms with Crippen molar-refractivity contribution < 1.29 is 9.53 Å². The van der Waals surface area contributed by atoms with Crippen molar-refractivity contribution >= 4 is 5.97 Å². The van der Waals surface area contributed by atoms with Crippen molar-refractivity contribution in [1.29, 1.82) is 0 Å². The molecule has 0 spiro atoms. The Morgan fingerprint density at radius 2 is 1.44 bits per heavy atom. The maximum atomic E-state index is 12.5. The lowest BCUT2D eigenvalue weighted by atomic mass is 9.78. The third kappa shape index (κ3) is 6.64. The van der Waals surface area contributed by atoms with Gasteiger partial charge in [0.15, 0.2) is 0 Å². The van der Waals surface area contributed by atoms with E-state index in [1.54, 1.807) is 0 Å². The van der Waals surface area contributed by atoms with Crippen LogP contribution in [-0.4, -0.2) is 22.5 Å². The first kappa shape index (κ1) is 27.7. The summed E-state index contributed by atoms with van der Waals surface area (Å²) in [5.74, 6) is -0.173. The van der Waals surface area contributed by atoms with Gasteiger partial charge in [-0.1, -0.05) is 79.2 Å². The zero-order valence-electron chi connectivity index (χ0n) is 23.4. The molecule has 192 valence electrons. The van der Waals surface area contributed by atoms with Crippen molar-refractivity contribution in [3.63, 3.8) is 0 Å². The van der Waals surface area contributed by atoms with Crippen molar-refractivity contribution in [2.24, 2.45) is 0 Å². The predicted octanol–water partition coefficient (Wildman–Crippen LogP) is 7.83. The van der Waals surface area contributed by atoms with Gasteiger partial charge >= 0.3 is 5.97 Å². The highest BCUT2D eigenvalue weighted by molar-refractivity contribution is 5.69. The maximum Gasteiger partial charge on any atom is 0.306 e. The van der Waals surface area contributed by atoms with Crippen LogP contribution >= 0.6 is 0 Å². The fourth-order valence-electron chi connectivity index (χ4n) is 5.57. The second-order valence-electron chi connectivity index (χ2n) is 10.8. The molecular formula is C33H43NO2. The molecule has 0 aromatic heterocycles. The van der Waals surface area contributed by atoms with Gasteiger partial charge in [-0.25, -0.2) is 0 Å². The Kier molecular flexibility index (Phi) is 9.13. The summed E-state index contributed by atoms with van der Waals surface area (Å²) in [6, 6.07) is 23.8. The Labute approximate surface area is 218 Å². The van der Waals surface area contributed by atoms with Gasteiger partial charge in [-0.15, -0.1) is 0 Å². The molecule has 0 N–H and O–H groups in total. The summed E-state index contributed by atoms with van der Waals surface area (Å²) >= 11 is 0. The van der Waals surface area contributed by atoms with Gasteiger partial charge in [0.1, 0.15) is 5.60 Å². The lowest BCUT2D eigenvalue weighted by Gasteiger charge is -2.43. The molecule has 3 heteroatoms. The van der Waals surface area contributed by atoms with E-state index in [0.29, 0.717) is 6.42 Å². The number of ether oxygens (including phenoxy) is 1. The van der Waals surface area contributed by atoms with Gasteiger partial charge in [0.2, 0.25) is 0 Å². The van der Waals surface area contributed by atoms with E-state index in [2.05, 4.69) is 114 Å². The summed E-state index contributed by atoms with van der Waals surface area (Å²) < 4.78 is 6.10. The molecule has 0 amide bonds. The molecule has 0 aliphatic carbocycles. The monoisotopic (exact) mass is 485 g/mol. The molecule has 3 nitrogen and oxygen atoms in total. The van der Waals surface area contributed by atoms with E-state index in [-0.39, 0.29) is 17.9 Å². The van der Waals surface area contributed by atoms with Crippen LogP contribution in [-0.2, 0) is 22.6 Å². The zero-order chi connectivity index (χ0) is 26.5. The fourth-order valence-corrected chi connectivity index (χ4v) is 5.57. The molecule has 36 heavy (non-hydrogen) atoms. The molecule has 3 rings (SSSR count). The standard InChI is InChI=1S/C33H43NO2/c1-9-31(35)36-33(7,8)32(28-16-11-10-12-17-28)27(6)34(21-29-18-14-13-15-24(29)3)22-30-25(4)19-23(2)20-26(30)5/h10-20,27,32H,9,21-22H2,1-8H3/t27-,32-/m1/s1. The largest absolute Gasteiger partial charge is 0.459 e. The zero-order valence-corrected chi connectivity index (χ0v) is 23.4. The minimum Gasteiger partial charge on any atom is -0.459 e. The van der Waals surface area contributed by atoms with Crippen LogP contribution in [0, 0.1) is 27.7 Å². The minimum absolute atomic E-state index is 0.00993. The van der Waals surface area contributed by atoms with E-state index in [1.807, 2.05) is 13.0 Å². The van der Waals surface area contributed by atoms with Crippen LogP contribution in [0.4, 0.5) is 0 Å². The molecular weight excluding hydrogens is 442 g/mol. The van der Waals surface area contributed by atoms with Crippen molar-refractivity contribution in [2.45, 2.75) is 92.5 Å². The van der Waals surface area contributed by atoms with Crippen molar-refractivity contribution in [3.05, 3.63) is 106 Å². The minimum atomic E-state index is -0.671. The maximum absolute atomic E-state index is 12.5. The Balaban J connectivity index is 2.10. The number of hydrogen-bond donors (Lipinski definition) is 0. The van der Waals surface area contributed by atoms with Gasteiger partial charge in [-0.2, -0.15) is 0 Å². The van der Waals surface area contributed by atoms with Crippen molar-refractivity contribution in [3.8, 4) is 0 Å². The summed E-state index contributed by atoms with van der Waals surface area (Å²) in [7, 11) is 0. The molecule has 0 aliphatic heterocycles. The third-order valence-electron chi connectivity index (χ3n) is 7.47. The third-order valence-corrected chi connectivity index (χ3v) is 7.47. The molecule has 0 saturated carbocycles. The molecule has 0 radical (unpaired) electrons. The number of carbonyl (C=O) groups excluding carboxylic acids is 1. The fraction of sp³-hybridized carbons (Fsp3) is 0.424. The van der Waals surface area contributed by atoms with Gasteiger partial charge in [0.25, 0.3) is 0 Å².